The van der Waals surface area contributed by atoms with Gasteiger partial charge in [-0.05, 0) is 86.6 Å². The minimum Gasteiger partial charge on any atom is -0.486 e. The van der Waals surface area contributed by atoms with Gasteiger partial charge in [0.25, 0.3) is 5.91 Å². The Morgan fingerprint density at radius 3 is 2.33 bits per heavy atom. The molecule has 0 saturated heterocycles. The Labute approximate surface area is 261 Å². The molecule has 0 aliphatic rings. The van der Waals surface area contributed by atoms with Crippen molar-refractivity contribution in [3.05, 3.63) is 126 Å². The maximum Gasteiger partial charge on any atom is 0.307 e. The lowest BCUT2D eigenvalue weighted by molar-refractivity contribution is -0.118. The van der Waals surface area contributed by atoms with Crippen LogP contribution < -0.4 is 25.1 Å². The van der Waals surface area contributed by atoms with Crippen LogP contribution in [-0.4, -0.2) is 43.3 Å². The van der Waals surface area contributed by atoms with Crippen LogP contribution in [0.2, 0.25) is 0 Å². The zero-order valence-electron chi connectivity index (χ0n) is 25.6. The second kappa shape index (κ2) is 14.1. The number of aromatic nitrogens is 1. The molecule has 0 bridgehead atoms. The smallest absolute Gasteiger partial charge is 0.307 e. The van der Waals surface area contributed by atoms with Gasteiger partial charge >= 0.3 is 5.91 Å². The summed E-state index contributed by atoms with van der Waals surface area (Å²) in [6.07, 6.45) is 1.45. The summed E-state index contributed by atoms with van der Waals surface area (Å²) in [5, 5.41) is 6.87. The highest BCUT2D eigenvalue weighted by Crippen LogP contribution is 2.24. The summed E-state index contributed by atoms with van der Waals surface area (Å²) in [6, 6.07) is 29.8. The lowest BCUT2D eigenvalue weighted by atomic mass is 10.2. The molecule has 10 heteroatoms. The lowest BCUT2D eigenvalue weighted by Crippen LogP contribution is -2.21. The molecule has 10 nitrogen and oxygen atoms in total. The van der Waals surface area contributed by atoms with Gasteiger partial charge in [-0.3, -0.25) is 9.59 Å². The predicted molar refractivity (Wildman–Crippen MR) is 175 cm³/mol. The van der Waals surface area contributed by atoms with Gasteiger partial charge in [0.15, 0.2) is 12.4 Å². The number of ether oxygens (including phenoxy) is 2. The van der Waals surface area contributed by atoms with Crippen molar-refractivity contribution in [2.75, 3.05) is 30.9 Å². The van der Waals surface area contributed by atoms with Crippen LogP contribution in [0.1, 0.15) is 33.3 Å². The molecule has 5 rings (SSSR count). The van der Waals surface area contributed by atoms with E-state index in [1.54, 1.807) is 36.4 Å². The number of nitrogens with zero attached hydrogens (tertiary/aromatic N) is 3. The Morgan fingerprint density at radius 2 is 1.62 bits per heavy atom. The number of carbonyl (C=O) groups is 2. The maximum absolute atomic E-state index is 12.7. The van der Waals surface area contributed by atoms with Gasteiger partial charge < -0.3 is 28.7 Å². The summed E-state index contributed by atoms with van der Waals surface area (Å²) in [5.74, 6) is 0.889. The third-order valence-electron chi connectivity index (χ3n) is 6.93. The number of amides is 2. The van der Waals surface area contributed by atoms with E-state index in [4.69, 9.17) is 13.9 Å². The average Bonchev–Trinajstić information content (AvgIpc) is 3.66. The van der Waals surface area contributed by atoms with Crippen LogP contribution in [0.25, 0.3) is 5.69 Å². The van der Waals surface area contributed by atoms with Crippen LogP contribution in [0.4, 0.5) is 11.4 Å². The SMILES string of the molecule is Cc1ccc(C)n1-c1ccc(OCc2ccc(C(=O)N/N=C/c3ccc(N(C)C)cc3OCC(=O)Nc3ccccc3)o2)cc1. The van der Waals surface area contributed by atoms with Crippen molar-refractivity contribution in [2.24, 2.45) is 5.10 Å². The molecule has 0 aliphatic carbocycles. The number of furan rings is 1. The van der Waals surface area contributed by atoms with Gasteiger partial charge in [-0.25, -0.2) is 5.43 Å². The number of aryl methyl sites for hydroxylation is 2. The molecular formula is C35H35N5O5. The highest BCUT2D eigenvalue weighted by Gasteiger charge is 2.13. The minimum absolute atomic E-state index is 0.0941. The number of anilines is 2. The topological polar surface area (TPSA) is 110 Å². The van der Waals surface area contributed by atoms with Gasteiger partial charge in [0.2, 0.25) is 0 Å². The van der Waals surface area contributed by atoms with Gasteiger partial charge in [-0.15, -0.1) is 0 Å². The molecule has 3 aromatic carbocycles. The van der Waals surface area contributed by atoms with Crippen LogP contribution in [0.3, 0.4) is 0 Å². The van der Waals surface area contributed by atoms with Crippen molar-refractivity contribution in [2.45, 2.75) is 20.5 Å². The number of para-hydroxylation sites is 1. The van der Waals surface area contributed by atoms with Gasteiger partial charge in [0.1, 0.15) is 23.9 Å². The molecule has 0 atom stereocenters. The summed E-state index contributed by atoms with van der Waals surface area (Å²) in [7, 11) is 3.81. The number of rotatable bonds is 12. The fraction of sp³-hybridized carbons (Fsp3) is 0.171. The zero-order chi connectivity index (χ0) is 31.8. The summed E-state index contributed by atoms with van der Waals surface area (Å²) < 4.78 is 19.5. The van der Waals surface area contributed by atoms with Gasteiger partial charge in [0.05, 0.1) is 6.21 Å². The van der Waals surface area contributed by atoms with Crippen LogP contribution in [0, 0.1) is 13.8 Å². The number of benzene rings is 3. The summed E-state index contributed by atoms with van der Waals surface area (Å²) >= 11 is 0. The first-order valence-electron chi connectivity index (χ1n) is 14.4. The Kier molecular flexibility index (Phi) is 9.64. The Morgan fingerprint density at radius 1 is 0.889 bits per heavy atom. The van der Waals surface area contributed by atoms with E-state index >= 15 is 0 Å². The zero-order valence-corrected chi connectivity index (χ0v) is 25.6. The van der Waals surface area contributed by atoms with Crippen LogP contribution in [-0.2, 0) is 11.4 Å². The van der Waals surface area contributed by atoms with Gasteiger partial charge in [-0.2, -0.15) is 5.10 Å². The van der Waals surface area contributed by atoms with E-state index in [0.29, 0.717) is 28.5 Å². The molecule has 2 heterocycles. The standard InChI is InChI=1S/C35H35N5O5/c1-24-10-11-25(2)40(24)28-14-16-30(17-15-28)43-22-31-18-19-32(45-31)35(42)38-36-21-26-12-13-29(39(3)4)20-33(26)44-23-34(41)37-27-8-6-5-7-9-27/h5-21H,22-23H2,1-4H3,(H,37,41)(H,38,42)/b36-21+. The third-order valence-corrected chi connectivity index (χ3v) is 6.93. The monoisotopic (exact) mass is 605 g/mol. The largest absolute Gasteiger partial charge is 0.486 e. The Hall–Kier alpha value is -5.77. The second-order valence-corrected chi connectivity index (χ2v) is 10.5. The highest BCUT2D eigenvalue weighted by atomic mass is 16.5. The van der Waals surface area contributed by atoms with Gasteiger partial charge in [0, 0.05) is 54.2 Å². The van der Waals surface area contributed by atoms with E-state index in [1.165, 1.54) is 6.21 Å². The van der Waals surface area contributed by atoms with Crippen molar-refractivity contribution in [3.63, 3.8) is 0 Å². The Balaban J connectivity index is 1.16. The van der Waals surface area contributed by atoms with Crippen LogP contribution >= 0.6 is 0 Å². The summed E-state index contributed by atoms with van der Waals surface area (Å²) in [5.41, 5.74) is 7.98. The number of hydrazone groups is 1. The molecule has 2 aromatic heterocycles. The number of nitrogens with one attached hydrogen (secondary N) is 2. The lowest BCUT2D eigenvalue weighted by Gasteiger charge is -2.16. The molecule has 0 fully saturated rings. The molecule has 0 aliphatic heterocycles. The molecule has 230 valence electrons. The van der Waals surface area contributed by atoms with Crippen molar-refractivity contribution < 1.29 is 23.5 Å². The van der Waals surface area contributed by atoms with E-state index in [1.807, 2.05) is 67.5 Å². The summed E-state index contributed by atoms with van der Waals surface area (Å²) in [4.78, 5) is 27.0. The maximum atomic E-state index is 12.7. The van der Waals surface area contributed by atoms with E-state index in [2.05, 4.69) is 46.4 Å². The minimum atomic E-state index is -0.520. The quantitative estimate of drug-likeness (QED) is 0.131. The van der Waals surface area contributed by atoms with E-state index in [-0.39, 0.29) is 24.9 Å². The fourth-order valence-electron chi connectivity index (χ4n) is 4.61. The summed E-state index contributed by atoms with van der Waals surface area (Å²) in [6.45, 7) is 4.09. The Bertz CT molecular complexity index is 1770. The first-order chi connectivity index (χ1) is 21.8. The molecule has 2 N–H and O–H groups in total. The van der Waals surface area contributed by atoms with E-state index in [0.717, 1.165) is 22.8 Å². The fourth-order valence-corrected chi connectivity index (χ4v) is 4.61. The van der Waals surface area contributed by atoms with E-state index in [9.17, 15) is 9.59 Å². The number of hydrogen-bond donors (Lipinski definition) is 2. The van der Waals surface area contributed by atoms with E-state index < -0.39 is 5.91 Å². The van der Waals surface area contributed by atoms with Gasteiger partial charge in [-0.1, -0.05) is 18.2 Å². The van der Waals surface area contributed by atoms with Crippen molar-refractivity contribution in [3.8, 4) is 17.2 Å². The highest BCUT2D eigenvalue weighted by molar-refractivity contribution is 5.93. The predicted octanol–water partition coefficient (Wildman–Crippen LogP) is 6.11. The molecule has 45 heavy (non-hydrogen) atoms. The van der Waals surface area contributed by atoms with Crippen LogP contribution in [0.15, 0.2) is 107 Å². The van der Waals surface area contributed by atoms with Crippen molar-refractivity contribution in [1.82, 2.24) is 9.99 Å². The van der Waals surface area contributed by atoms with Crippen molar-refractivity contribution in [1.29, 1.82) is 0 Å². The first kappa shape index (κ1) is 30.7. The molecular weight excluding hydrogens is 570 g/mol. The number of hydrogen-bond acceptors (Lipinski definition) is 7. The first-order valence-corrected chi connectivity index (χ1v) is 14.4. The second-order valence-electron chi connectivity index (χ2n) is 10.5. The average molecular weight is 606 g/mol. The third kappa shape index (κ3) is 7.99. The molecule has 0 unspecified atom stereocenters. The van der Waals surface area contributed by atoms with Crippen LogP contribution in [0.5, 0.6) is 11.5 Å². The number of carbonyl (C=O) groups excluding carboxylic acids is 2. The van der Waals surface area contributed by atoms with Crippen molar-refractivity contribution >= 4 is 29.4 Å². The molecule has 0 radical (unpaired) electrons. The normalized spacial score (nSPS) is 10.9. The molecule has 5 aromatic rings. The molecule has 0 saturated carbocycles. The molecule has 2 amide bonds. The molecule has 0 spiro atoms.